The highest BCUT2D eigenvalue weighted by molar-refractivity contribution is 5.97. The molecule has 0 radical (unpaired) electrons. The number of amides is 1. The van der Waals surface area contributed by atoms with Gasteiger partial charge in [-0.25, -0.2) is 4.39 Å². The minimum atomic E-state index is -0.673. The Labute approximate surface area is 125 Å². The topological polar surface area (TPSA) is 52.6 Å². The molecule has 1 unspecified atom stereocenters. The lowest BCUT2D eigenvalue weighted by atomic mass is 10.1. The molecular weight excluding hydrogens is 271 g/mol. The van der Waals surface area contributed by atoms with Crippen molar-refractivity contribution < 1.29 is 14.3 Å². The Bertz CT molecular complexity index is 479. The summed E-state index contributed by atoms with van der Waals surface area (Å²) in [6.07, 6.45) is 2.12. The predicted molar refractivity (Wildman–Crippen MR) is 79.8 cm³/mol. The molecule has 1 fully saturated rings. The number of nitrogens with zero attached hydrogens (tertiary/aromatic N) is 1. The molecule has 4 nitrogen and oxygen atoms in total. The molecule has 1 heterocycles. The van der Waals surface area contributed by atoms with Gasteiger partial charge in [0.15, 0.2) is 0 Å². The smallest absolute Gasteiger partial charge is 0.260 e. The van der Waals surface area contributed by atoms with Gasteiger partial charge in [-0.15, -0.1) is 0 Å². The Morgan fingerprint density at radius 3 is 2.86 bits per heavy atom. The normalized spacial score (nSPS) is 18.2. The van der Waals surface area contributed by atoms with Gasteiger partial charge < -0.3 is 15.3 Å². The predicted octanol–water partition coefficient (Wildman–Crippen LogP) is 2.38. The molecule has 0 bridgehead atoms. The second kappa shape index (κ2) is 6.89. The number of phenols is 1. The van der Waals surface area contributed by atoms with Crippen LogP contribution in [-0.4, -0.2) is 41.6 Å². The maximum Gasteiger partial charge on any atom is 0.260 e. The fourth-order valence-electron chi connectivity index (χ4n) is 2.74. The Balaban J connectivity index is 2.20. The Morgan fingerprint density at radius 1 is 1.52 bits per heavy atom. The van der Waals surface area contributed by atoms with Gasteiger partial charge in [0.1, 0.15) is 17.1 Å². The van der Waals surface area contributed by atoms with E-state index in [4.69, 9.17) is 0 Å². The van der Waals surface area contributed by atoms with E-state index in [1.54, 1.807) is 4.90 Å². The molecule has 0 aliphatic carbocycles. The van der Waals surface area contributed by atoms with Crippen LogP contribution in [0.25, 0.3) is 0 Å². The average Bonchev–Trinajstić information content (AvgIpc) is 2.90. The van der Waals surface area contributed by atoms with Gasteiger partial charge >= 0.3 is 0 Å². The second-order valence-corrected chi connectivity index (χ2v) is 6.03. The summed E-state index contributed by atoms with van der Waals surface area (Å²) < 4.78 is 13.9. The lowest BCUT2D eigenvalue weighted by Crippen LogP contribution is -2.43. The van der Waals surface area contributed by atoms with Gasteiger partial charge in [-0.05, 0) is 37.4 Å². The molecule has 116 valence electrons. The SMILES string of the molecule is CC(C)CN(CC1CCCN1)C(=O)c1c(O)cccc1F. The van der Waals surface area contributed by atoms with Crippen LogP contribution in [-0.2, 0) is 0 Å². The van der Waals surface area contributed by atoms with Crippen molar-refractivity contribution in [3.05, 3.63) is 29.6 Å². The van der Waals surface area contributed by atoms with Gasteiger partial charge in [0.25, 0.3) is 5.91 Å². The Hall–Kier alpha value is -1.62. The van der Waals surface area contributed by atoms with Crippen LogP contribution in [0, 0.1) is 11.7 Å². The molecule has 1 aromatic rings. The van der Waals surface area contributed by atoms with E-state index in [1.165, 1.54) is 18.2 Å². The number of halogens is 1. The molecule has 0 saturated carbocycles. The maximum absolute atomic E-state index is 13.9. The van der Waals surface area contributed by atoms with Crippen molar-refractivity contribution >= 4 is 5.91 Å². The first-order valence-electron chi connectivity index (χ1n) is 7.49. The molecule has 2 N–H and O–H groups in total. The molecule has 1 aliphatic rings. The van der Waals surface area contributed by atoms with Crippen molar-refractivity contribution in [1.82, 2.24) is 10.2 Å². The molecular formula is C16H23FN2O2. The van der Waals surface area contributed by atoms with Gasteiger partial charge in [0.05, 0.1) is 0 Å². The van der Waals surface area contributed by atoms with Crippen molar-refractivity contribution in [2.45, 2.75) is 32.7 Å². The highest BCUT2D eigenvalue weighted by Crippen LogP contribution is 2.23. The fourth-order valence-corrected chi connectivity index (χ4v) is 2.74. The van der Waals surface area contributed by atoms with Crippen LogP contribution in [0.1, 0.15) is 37.0 Å². The molecule has 1 saturated heterocycles. The lowest BCUT2D eigenvalue weighted by Gasteiger charge is -2.28. The van der Waals surface area contributed by atoms with E-state index in [9.17, 15) is 14.3 Å². The first-order chi connectivity index (χ1) is 9.99. The molecule has 1 atom stereocenters. The fraction of sp³-hybridized carbons (Fsp3) is 0.562. The summed E-state index contributed by atoms with van der Waals surface area (Å²) in [4.78, 5) is 14.3. The van der Waals surface area contributed by atoms with Gasteiger partial charge in [0, 0.05) is 19.1 Å². The standard InChI is InChI=1S/C16H23FN2O2/c1-11(2)9-19(10-12-5-4-8-18-12)16(21)15-13(17)6-3-7-14(15)20/h3,6-7,11-12,18,20H,4-5,8-10H2,1-2H3. The van der Waals surface area contributed by atoms with Crippen LogP contribution in [0.3, 0.4) is 0 Å². The van der Waals surface area contributed by atoms with Gasteiger partial charge in [-0.3, -0.25) is 4.79 Å². The minimum absolute atomic E-state index is 0.226. The summed E-state index contributed by atoms with van der Waals surface area (Å²) >= 11 is 0. The van der Waals surface area contributed by atoms with Crippen molar-refractivity contribution in [1.29, 1.82) is 0 Å². The summed E-state index contributed by atoms with van der Waals surface area (Å²) in [6, 6.07) is 4.19. The summed E-state index contributed by atoms with van der Waals surface area (Å²) in [7, 11) is 0. The number of hydrogen-bond acceptors (Lipinski definition) is 3. The zero-order valence-electron chi connectivity index (χ0n) is 12.6. The van der Waals surface area contributed by atoms with E-state index in [0.29, 0.717) is 13.1 Å². The molecule has 2 rings (SSSR count). The van der Waals surface area contributed by atoms with E-state index in [0.717, 1.165) is 19.4 Å². The number of nitrogens with one attached hydrogen (secondary N) is 1. The van der Waals surface area contributed by atoms with Gasteiger partial charge in [0.2, 0.25) is 0 Å². The zero-order chi connectivity index (χ0) is 15.4. The number of carbonyl (C=O) groups excluding carboxylic acids is 1. The van der Waals surface area contributed by atoms with Crippen LogP contribution in [0.2, 0.25) is 0 Å². The largest absolute Gasteiger partial charge is 0.507 e. The summed E-state index contributed by atoms with van der Waals surface area (Å²) in [5.74, 6) is -1.13. The van der Waals surface area contributed by atoms with Crippen molar-refractivity contribution in [2.24, 2.45) is 5.92 Å². The lowest BCUT2D eigenvalue weighted by molar-refractivity contribution is 0.0713. The number of benzene rings is 1. The van der Waals surface area contributed by atoms with Crippen LogP contribution in [0.5, 0.6) is 5.75 Å². The average molecular weight is 294 g/mol. The molecule has 1 amide bonds. The highest BCUT2D eigenvalue weighted by Gasteiger charge is 2.26. The molecule has 0 spiro atoms. The first-order valence-corrected chi connectivity index (χ1v) is 7.49. The van der Waals surface area contributed by atoms with E-state index < -0.39 is 11.7 Å². The zero-order valence-corrected chi connectivity index (χ0v) is 12.6. The van der Waals surface area contributed by atoms with Crippen LogP contribution < -0.4 is 5.32 Å². The third-order valence-corrected chi connectivity index (χ3v) is 3.68. The summed E-state index contributed by atoms with van der Waals surface area (Å²) in [5, 5.41) is 13.1. The number of rotatable bonds is 5. The summed E-state index contributed by atoms with van der Waals surface area (Å²) in [5.41, 5.74) is -0.226. The van der Waals surface area contributed by atoms with Crippen molar-refractivity contribution in [3.63, 3.8) is 0 Å². The van der Waals surface area contributed by atoms with Crippen LogP contribution >= 0.6 is 0 Å². The van der Waals surface area contributed by atoms with Crippen LogP contribution in [0.4, 0.5) is 4.39 Å². The van der Waals surface area contributed by atoms with Crippen LogP contribution in [0.15, 0.2) is 18.2 Å². The molecule has 21 heavy (non-hydrogen) atoms. The van der Waals surface area contributed by atoms with Gasteiger partial charge in [-0.1, -0.05) is 19.9 Å². The van der Waals surface area contributed by atoms with E-state index in [2.05, 4.69) is 5.32 Å². The number of hydrogen-bond donors (Lipinski definition) is 2. The van der Waals surface area contributed by atoms with E-state index in [-0.39, 0.29) is 23.3 Å². The monoisotopic (exact) mass is 294 g/mol. The second-order valence-electron chi connectivity index (χ2n) is 6.03. The minimum Gasteiger partial charge on any atom is -0.507 e. The molecule has 5 heteroatoms. The van der Waals surface area contributed by atoms with E-state index in [1.807, 2.05) is 13.8 Å². The highest BCUT2D eigenvalue weighted by atomic mass is 19.1. The Morgan fingerprint density at radius 2 is 2.29 bits per heavy atom. The van der Waals surface area contributed by atoms with E-state index >= 15 is 0 Å². The van der Waals surface area contributed by atoms with Crippen molar-refractivity contribution in [2.75, 3.05) is 19.6 Å². The quantitative estimate of drug-likeness (QED) is 0.876. The molecule has 1 aliphatic heterocycles. The van der Waals surface area contributed by atoms with Gasteiger partial charge in [-0.2, -0.15) is 0 Å². The third kappa shape index (κ3) is 3.94. The number of phenolic OH excluding ortho intramolecular Hbond substituents is 1. The molecule has 0 aromatic heterocycles. The number of aromatic hydroxyl groups is 1. The number of carbonyl (C=O) groups is 1. The maximum atomic E-state index is 13.9. The summed E-state index contributed by atoms with van der Waals surface area (Å²) in [6.45, 7) is 6.09. The third-order valence-electron chi connectivity index (χ3n) is 3.68. The molecule has 1 aromatic carbocycles. The van der Waals surface area contributed by atoms with Crippen molar-refractivity contribution in [3.8, 4) is 5.75 Å². The Kier molecular flexibility index (Phi) is 5.17. The first kappa shape index (κ1) is 15.8.